The van der Waals surface area contributed by atoms with Gasteiger partial charge in [-0.15, -0.1) is 0 Å². The van der Waals surface area contributed by atoms with Gasteiger partial charge in [-0.05, 0) is 143 Å². The molecule has 0 radical (unpaired) electrons. The van der Waals surface area contributed by atoms with Crippen LogP contribution in [0.2, 0.25) is 5.02 Å². The van der Waals surface area contributed by atoms with Gasteiger partial charge in [-0.2, -0.15) is 0 Å². The maximum atomic E-state index is 12.8. The molecular formula is C73H81ClN18O9. The van der Waals surface area contributed by atoms with Crippen molar-refractivity contribution in [2.24, 2.45) is 11.8 Å². The van der Waals surface area contributed by atoms with E-state index in [0.29, 0.717) is 31.0 Å². The standard InChI is InChI=1S/C21H23N5O4.C21H27N5O2.C19H20N4O2.C12H11ClN4O/c27-19(24-16-10-13-4-1-2-5-14(13)11-16)17-18(23-8-7-22-17)25-21(30)26-9-3-6-15(12-26)20(28)29;1-13(2)26(14(3)4)21(28)25-19-18(22-9-10-23-19)20(27)24-17-11-15-7-5-6-8-16(15)12-17;24-18(12-6-3-7-12)23-17-16(20-8-9-21-17)19(25)22-15-10-13-4-1-2-5-14(13)11-15;13-9-3-1-8(2-4-9)7-17-12(18)10-11(14)16-6-5-15-10/h1-2,4-5,7-8,15-16H,3,6,9-12H2,(H,24,27)(H,28,29)(H,23,25,30);5-10,13-14,17H,11-12H2,1-4H3,(H,24,27)(H,23,25,28);1-2,4-5,8-9,12,15H,3,6-7,10-11H2,(H,22,25)(H,21,23,24);1-6H,7H2,(H2,14,16)(H,17,18). The number of aliphatic carboxylic acids is 1. The van der Waals surface area contributed by atoms with E-state index in [2.05, 4.69) is 113 Å². The molecule has 5 aliphatic rings. The number of carbonyl (C=O) groups is 8. The Morgan fingerprint density at radius 3 is 1.28 bits per heavy atom. The number of aromatic nitrogens is 8. The summed E-state index contributed by atoms with van der Waals surface area (Å²) in [5.41, 5.74) is 14.4. The highest BCUT2D eigenvalue weighted by atomic mass is 35.5. The molecule has 13 rings (SSSR count). The molecule has 4 aromatic heterocycles. The second-order valence-electron chi connectivity index (χ2n) is 25.6. The van der Waals surface area contributed by atoms with Crippen molar-refractivity contribution < 1.29 is 43.5 Å². The third kappa shape index (κ3) is 19.5. The highest BCUT2D eigenvalue weighted by Crippen LogP contribution is 2.29. The first-order chi connectivity index (χ1) is 48.7. The lowest BCUT2D eigenvalue weighted by Gasteiger charge is -2.30. The number of hydrogen-bond acceptors (Lipinski definition) is 17. The van der Waals surface area contributed by atoms with Crippen LogP contribution in [0.1, 0.15) is 141 Å². The molecule has 9 amide bonds. The number of carboxylic acids is 1. The minimum absolute atomic E-state index is 0.0123. The van der Waals surface area contributed by atoms with Crippen molar-refractivity contribution in [2.45, 2.75) is 135 Å². The Balaban J connectivity index is 0.000000147. The molecule has 1 saturated heterocycles. The van der Waals surface area contributed by atoms with Gasteiger partial charge in [-0.25, -0.2) is 49.5 Å². The Bertz CT molecular complexity index is 4210. The van der Waals surface area contributed by atoms with Gasteiger partial charge < -0.3 is 47.2 Å². The van der Waals surface area contributed by atoms with E-state index < -0.39 is 23.8 Å². The predicted molar refractivity (Wildman–Crippen MR) is 379 cm³/mol. The van der Waals surface area contributed by atoms with Crippen molar-refractivity contribution in [3.63, 3.8) is 0 Å². The summed E-state index contributed by atoms with van der Waals surface area (Å²) < 4.78 is 0. The number of nitrogen functional groups attached to an aromatic ring is 1. The van der Waals surface area contributed by atoms with E-state index in [1.807, 2.05) is 76.2 Å². The molecule has 10 N–H and O–H groups in total. The number of carboxylic acid groups (broad SMARTS) is 1. The molecule has 4 aromatic carbocycles. The quantitative estimate of drug-likeness (QED) is 0.0437. The van der Waals surface area contributed by atoms with Crippen LogP contribution in [-0.2, 0) is 54.7 Å². The van der Waals surface area contributed by atoms with Crippen molar-refractivity contribution in [3.05, 3.63) is 213 Å². The van der Waals surface area contributed by atoms with Gasteiger partial charge in [-0.1, -0.05) is 103 Å². The van der Waals surface area contributed by atoms with E-state index in [4.69, 9.17) is 17.3 Å². The highest BCUT2D eigenvalue weighted by molar-refractivity contribution is 6.30. The van der Waals surface area contributed by atoms with E-state index in [-0.39, 0.29) is 118 Å². The second-order valence-corrected chi connectivity index (χ2v) is 26.0. The lowest BCUT2D eigenvalue weighted by molar-refractivity contribution is -0.143. The van der Waals surface area contributed by atoms with Crippen molar-refractivity contribution in [2.75, 3.05) is 34.8 Å². The first kappa shape index (κ1) is 72.4. The fraction of sp³-hybridized carbons (Fsp3) is 0.342. The lowest BCUT2D eigenvalue weighted by atomic mass is 9.85. The fourth-order valence-corrected chi connectivity index (χ4v) is 12.7. The number of benzene rings is 4. The van der Waals surface area contributed by atoms with Gasteiger partial charge in [-0.3, -0.25) is 39.4 Å². The SMILES string of the molecule is CC(C)N(C(=O)Nc1nccnc1C(=O)NC1Cc2ccccc2C1)C(C)C.Nc1nccnc1C(=O)NCc1ccc(Cl)cc1.O=C(NC1Cc2ccccc2C1)c1nccnc1NC(=O)C1CCC1.O=C(NC1Cc2ccccc2C1)c1nccnc1NC(=O)N1CCCC(C(=O)O)C1. The summed E-state index contributed by atoms with van der Waals surface area (Å²) in [7, 11) is 0. The third-order valence-electron chi connectivity index (χ3n) is 17.8. The summed E-state index contributed by atoms with van der Waals surface area (Å²) in [5, 5.41) is 29.7. The molecule has 101 heavy (non-hydrogen) atoms. The van der Waals surface area contributed by atoms with E-state index in [1.54, 1.807) is 17.0 Å². The average Bonchev–Trinajstić information content (AvgIpc) is 1.80. The zero-order chi connectivity index (χ0) is 71.5. The number of amides is 9. The topological polar surface area (TPSA) is 377 Å². The van der Waals surface area contributed by atoms with Gasteiger partial charge in [0.1, 0.15) is 0 Å². The largest absolute Gasteiger partial charge is 0.481 e. The van der Waals surface area contributed by atoms with Crippen LogP contribution in [0.25, 0.3) is 0 Å². The molecule has 1 unspecified atom stereocenters. The molecule has 524 valence electrons. The van der Waals surface area contributed by atoms with Crippen LogP contribution in [0.5, 0.6) is 0 Å². The van der Waals surface area contributed by atoms with E-state index in [9.17, 15) is 43.5 Å². The number of rotatable bonds is 16. The average molecular weight is 1390 g/mol. The minimum Gasteiger partial charge on any atom is -0.481 e. The van der Waals surface area contributed by atoms with E-state index in [1.165, 1.54) is 87.9 Å². The maximum absolute atomic E-state index is 12.8. The van der Waals surface area contributed by atoms with Gasteiger partial charge >= 0.3 is 18.0 Å². The first-order valence-electron chi connectivity index (χ1n) is 33.6. The number of likely N-dealkylation sites (tertiary alicyclic amines) is 1. The highest BCUT2D eigenvalue weighted by Gasteiger charge is 2.33. The van der Waals surface area contributed by atoms with Gasteiger partial charge in [0.2, 0.25) is 5.91 Å². The van der Waals surface area contributed by atoms with Crippen LogP contribution in [0.15, 0.2) is 147 Å². The molecule has 0 bridgehead atoms. The van der Waals surface area contributed by atoms with Crippen molar-refractivity contribution >= 4 is 82.4 Å². The molecule has 8 aromatic rings. The number of piperidine rings is 1. The van der Waals surface area contributed by atoms with Crippen LogP contribution in [0, 0.1) is 11.8 Å². The van der Waals surface area contributed by atoms with Crippen molar-refractivity contribution in [1.82, 2.24) is 70.9 Å². The predicted octanol–water partition coefficient (Wildman–Crippen LogP) is 8.48. The number of carbonyl (C=O) groups excluding carboxylic acids is 7. The van der Waals surface area contributed by atoms with Crippen LogP contribution in [0.4, 0.5) is 32.9 Å². The maximum Gasteiger partial charge on any atom is 0.323 e. The summed E-state index contributed by atoms with van der Waals surface area (Å²) in [6, 6.07) is 30.9. The van der Waals surface area contributed by atoms with Crippen molar-refractivity contribution in [3.8, 4) is 0 Å². The summed E-state index contributed by atoms with van der Waals surface area (Å²) in [4.78, 5) is 134. The molecule has 1 saturated carbocycles. The summed E-state index contributed by atoms with van der Waals surface area (Å²) in [6.45, 7) is 8.75. The van der Waals surface area contributed by atoms with Gasteiger partial charge in [0, 0.05) is 110 Å². The Hall–Kier alpha value is -11.4. The fourth-order valence-electron chi connectivity index (χ4n) is 12.6. The minimum atomic E-state index is -0.912. The molecule has 4 aliphatic carbocycles. The first-order valence-corrected chi connectivity index (χ1v) is 34.0. The molecule has 5 heterocycles. The molecule has 1 aliphatic heterocycles. The van der Waals surface area contributed by atoms with Gasteiger partial charge in [0.15, 0.2) is 46.0 Å². The molecule has 1 atom stereocenters. The summed E-state index contributed by atoms with van der Waals surface area (Å²) >= 11 is 5.77. The summed E-state index contributed by atoms with van der Waals surface area (Å²) in [6.07, 6.45) is 20.2. The van der Waals surface area contributed by atoms with E-state index >= 15 is 0 Å². The number of nitrogens with two attached hydrogens (primary N) is 1. The zero-order valence-corrected chi connectivity index (χ0v) is 57.2. The lowest BCUT2D eigenvalue weighted by Crippen LogP contribution is -2.45. The van der Waals surface area contributed by atoms with Crippen molar-refractivity contribution in [1.29, 1.82) is 0 Å². The number of halogens is 1. The Morgan fingerprint density at radius 2 is 0.881 bits per heavy atom. The normalized spacial score (nSPS) is 15.2. The second kappa shape index (κ2) is 34.4. The zero-order valence-electron chi connectivity index (χ0n) is 56.4. The number of nitrogens with one attached hydrogen (secondary N) is 7. The smallest absolute Gasteiger partial charge is 0.323 e. The Kier molecular flexibility index (Phi) is 24.7. The molecule has 2 fully saturated rings. The summed E-state index contributed by atoms with van der Waals surface area (Å²) in [5.74, 6) is -2.33. The van der Waals surface area contributed by atoms with E-state index in [0.717, 1.165) is 63.4 Å². The van der Waals surface area contributed by atoms with Gasteiger partial charge in [0.05, 0.1) is 5.92 Å². The molecular weight excluding hydrogens is 1310 g/mol. The molecule has 28 heteroatoms. The molecule has 0 spiro atoms. The number of urea groups is 2. The monoisotopic (exact) mass is 1390 g/mol. The van der Waals surface area contributed by atoms with Gasteiger partial charge in [0.25, 0.3) is 23.6 Å². The van der Waals surface area contributed by atoms with Crippen LogP contribution >= 0.6 is 11.6 Å². The Labute approximate surface area is 589 Å². The van der Waals surface area contributed by atoms with Crippen LogP contribution < -0.4 is 43.0 Å². The number of nitrogens with zero attached hydrogens (tertiary/aromatic N) is 10. The number of anilines is 4. The number of hydrogen-bond donors (Lipinski definition) is 9. The Morgan fingerprint density at radius 1 is 0.495 bits per heavy atom. The van der Waals surface area contributed by atoms with Crippen LogP contribution in [0.3, 0.4) is 0 Å². The van der Waals surface area contributed by atoms with Crippen LogP contribution in [-0.4, -0.2) is 146 Å². The third-order valence-corrected chi connectivity index (χ3v) is 18.0. The molecule has 27 nitrogen and oxygen atoms in total. The number of fused-ring (bicyclic) bond motifs is 3.